The predicted octanol–water partition coefficient (Wildman–Crippen LogP) is 0.849. The lowest BCUT2D eigenvalue weighted by Gasteiger charge is -2.06. The molecule has 0 saturated carbocycles. The van der Waals surface area contributed by atoms with Crippen LogP contribution in [0.15, 0.2) is 23.1 Å². The molecule has 0 unspecified atom stereocenters. The molecule has 0 aromatic heterocycles. The molecule has 0 fully saturated rings. The van der Waals surface area contributed by atoms with Crippen LogP contribution < -0.4 is 5.73 Å². The lowest BCUT2D eigenvalue weighted by molar-refractivity contribution is 0.0527. The van der Waals surface area contributed by atoms with Gasteiger partial charge in [0.25, 0.3) is 0 Å². The minimum absolute atomic E-state index is 0.0461. The number of anilines is 1. The van der Waals surface area contributed by atoms with Gasteiger partial charge in [0.15, 0.2) is 9.84 Å². The summed E-state index contributed by atoms with van der Waals surface area (Å²) in [5, 5.41) is 0. The average Bonchev–Trinajstić information content (AvgIpc) is 2.16. The second-order valence-corrected chi connectivity index (χ2v) is 5.26. The van der Waals surface area contributed by atoms with Crippen LogP contribution in [-0.4, -0.2) is 27.2 Å². The number of carbonyl (C=O) groups is 1. The Bertz CT molecular complexity index is 508. The molecule has 2 N–H and O–H groups in total. The van der Waals surface area contributed by atoms with Gasteiger partial charge >= 0.3 is 5.97 Å². The molecule has 1 aromatic rings. The van der Waals surface area contributed by atoms with Crippen LogP contribution >= 0.6 is 0 Å². The van der Waals surface area contributed by atoms with Crippen LogP contribution in [0.2, 0.25) is 0 Å². The summed E-state index contributed by atoms with van der Waals surface area (Å²) in [6.07, 6.45) is 1.06. The van der Waals surface area contributed by atoms with Gasteiger partial charge in [0, 0.05) is 11.9 Å². The molecule has 0 bridgehead atoms. The van der Waals surface area contributed by atoms with Gasteiger partial charge < -0.3 is 10.5 Å². The minimum atomic E-state index is -3.35. The molecular weight excluding hydrogens is 230 g/mol. The highest BCUT2D eigenvalue weighted by Crippen LogP contribution is 2.18. The van der Waals surface area contributed by atoms with E-state index in [1.165, 1.54) is 18.2 Å². The van der Waals surface area contributed by atoms with Crippen molar-refractivity contribution in [2.45, 2.75) is 11.8 Å². The number of nitrogen functional groups attached to an aromatic ring is 1. The number of nitrogens with two attached hydrogens (primary N) is 1. The lowest BCUT2D eigenvalue weighted by Crippen LogP contribution is -2.09. The van der Waals surface area contributed by atoms with Crippen LogP contribution in [0.3, 0.4) is 0 Å². The predicted molar refractivity (Wildman–Crippen MR) is 59.9 cm³/mol. The first-order chi connectivity index (χ1) is 7.36. The zero-order valence-corrected chi connectivity index (χ0v) is 9.87. The van der Waals surface area contributed by atoms with E-state index in [0.29, 0.717) is 0 Å². The number of rotatable bonds is 3. The van der Waals surface area contributed by atoms with Gasteiger partial charge in [0.05, 0.1) is 17.1 Å². The van der Waals surface area contributed by atoms with Crippen LogP contribution in [0.25, 0.3) is 0 Å². The molecule has 0 spiro atoms. The number of sulfone groups is 1. The molecule has 0 aliphatic carbocycles. The Hall–Kier alpha value is -1.56. The quantitative estimate of drug-likeness (QED) is 0.628. The van der Waals surface area contributed by atoms with Crippen molar-refractivity contribution in [2.75, 3.05) is 18.6 Å². The van der Waals surface area contributed by atoms with E-state index < -0.39 is 15.8 Å². The monoisotopic (exact) mass is 243 g/mol. The minimum Gasteiger partial charge on any atom is -0.462 e. The van der Waals surface area contributed by atoms with Gasteiger partial charge in [-0.15, -0.1) is 0 Å². The van der Waals surface area contributed by atoms with E-state index in [1.54, 1.807) is 6.92 Å². The summed E-state index contributed by atoms with van der Waals surface area (Å²) in [5.41, 5.74) is 5.84. The van der Waals surface area contributed by atoms with Gasteiger partial charge in [-0.1, -0.05) is 0 Å². The van der Waals surface area contributed by atoms with Crippen LogP contribution in [0.1, 0.15) is 17.3 Å². The van der Waals surface area contributed by atoms with Gasteiger partial charge in [-0.2, -0.15) is 0 Å². The van der Waals surface area contributed by atoms with Gasteiger partial charge in [-0.3, -0.25) is 0 Å². The average molecular weight is 243 g/mol. The number of carbonyl (C=O) groups excluding carboxylic acids is 1. The third-order valence-electron chi connectivity index (χ3n) is 1.95. The SMILES string of the molecule is CCOC(=O)c1cc(S(C)(=O)=O)ccc1N. The van der Waals surface area contributed by atoms with E-state index in [1.807, 2.05) is 0 Å². The van der Waals surface area contributed by atoms with Crippen molar-refractivity contribution in [1.29, 1.82) is 0 Å². The fraction of sp³-hybridized carbons (Fsp3) is 0.300. The topological polar surface area (TPSA) is 86.5 Å². The van der Waals surface area contributed by atoms with E-state index in [9.17, 15) is 13.2 Å². The molecule has 6 heteroatoms. The Labute approximate surface area is 94.1 Å². The van der Waals surface area contributed by atoms with Crippen LogP contribution in [-0.2, 0) is 14.6 Å². The van der Waals surface area contributed by atoms with E-state index >= 15 is 0 Å². The molecule has 0 radical (unpaired) electrons. The largest absolute Gasteiger partial charge is 0.462 e. The lowest BCUT2D eigenvalue weighted by atomic mass is 10.2. The van der Waals surface area contributed by atoms with E-state index in [-0.39, 0.29) is 22.8 Å². The Morgan fingerprint density at radius 2 is 2.06 bits per heavy atom. The number of ether oxygens (including phenoxy) is 1. The number of benzene rings is 1. The molecular formula is C10H13NO4S. The molecule has 0 heterocycles. The first kappa shape index (κ1) is 12.5. The fourth-order valence-corrected chi connectivity index (χ4v) is 1.80. The Morgan fingerprint density at radius 3 is 2.56 bits per heavy atom. The standard InChI is InChI=1S/C10H13NO4S/c1-3-15-10(12)8-6-7(16(2,13)14)4-5-9(8)11/h4-6H,3,11H2,1-2H3. The summed E-state index contributed by atoms with van der Waals surface area (Å²) in [7, 11) is -3.35. The smallest absolute Gasteiger partial charge is 0.340 e. The van der Waals surface area contributed by atoms with Crippen molar-refractivity contribution in [1.82, 2.24) is 0 Å². The van der Waals surface area contributed by atoms with E-state index in [2.05, 4.69) is 0 Å². The highest BCUT2D eigenvalue weighted by molar-refractivity contribution is 7.90. The summed E-state index contributed by atoms with van der Waals surface area (Å²) >= 11 is 0. The summed E-state index contributed by atoms with van der Waals surface area (Å²) in [6, 6.07) is 3.96. The Morgan fingerprint density at radius 1 is 1.44 bits per heavy atom. The van der Waals surface area contributed by atoms with E-state index in [0.717, 1.165) is 6.26 Å². The maximum atomic E-state index is 11.4. The van der Waals surface area contributed by atoms with Crippen LogP contribution in [0.4, 0.5) is 5.69 Å². The first-order valence-corrected chi connectivity index (χ1v) is 6.52. The molecule has 0 aliphatic rings. The third-order valence-corrected chi connectivity index (χ3v) is 3.06. The van der Waals surface area contributed by atoms with Crippen LogP contribution in [0, 0.1) is 0 Å². The molecule has 0 aliphatic heterocycles. The fourth-order valence-electron chi connectivity index (χ4n) is 1.15. The molecule has 1 aromatic carbocycles. The third kappa shape index (κ3) is 2.73. The highest BCUT2D eigenvalue weighted by Gasteiger charge is 2.15. The number of hydrogen-bond acceptors (Lipinski definition) is 5. The van der Waals surface area contributed by atoms with Crippen molar-refractivity contribution in [3.8, 4) is 0 Å². The Balaban J connectivity index is 3.24. The zero-order valence-electron chi connectivity index (χ0n) is 9.06. The molecule has 5 nitrogen and oxygen atoms in total. The number of esters is 1. The first-order valence-electron chi connectivity index (χ1n) is 4.63. The molecule has 0 amide bonds. The number of hydrogen-bond donors (Lipinski definition) is 1. The molecule has 0 atom stereocenters. The van der Waals surface area contributed by atoms with Crippen LogP contribution in [0.5, 0.6) is 0 Å². The van der Waals surface area contributed by atoms with Gasteiger partial charge in [0.1, 0.15) is 0 Å². The summed E-state index contributed by atoms with van der Waals surface area (Å²) < 4.78 is 27.3. The second-order valence-electron chi connectivity index (χ2n) is 3.24. The van der Waals surface area contributed by atoms with Crippen molar-refractivity contribution in [2.24, 2.45) is 0 Å². The van der Waals surface area contributed by atoms with Gasteiger partial charge in [0.2, 0.25) is 0 Å². The Kier molecular flexibility index (Phi) is 3.54. The van der Waals surface area contributed by atoms with Gasteiger partial charge in [-0.05, 0) is 25.1 Å². The van der Waals surface area contributed by atoms with Crippen molar-refractivity contribution in [3.63, 3.8) is 0 Å². The summed E-state index contributed by atoms with van der Waals surface area (Å²) in [6.45, 7) is 1.87. The molecule has 16 heavy (non-hydrogen) atoms. The molecule has 0 saturated heterocycles. The maximum Gasteiger partial charge on any atom is 0.340 e. The van der Waals surface area contributed by atoms with Crippen molar-refractivity contribution in [3.05, 3.63) is 23.8 Å². The maximum absolute atomic E-state index is 11.4. The second kappa shape index (κ2) is 4.52. The van der Waals surface area contributed by atoms with Crippen molar-refractivity contribution >= 4 is 21.5 Å². The molecule has 1 rings (SSSR count). The van der Waals surface area contributed by atoms with E-state index in [4.69, 9.17) is 10.5 Å². The van der Waals surface area contributed by atoms with Gasteiger partial charge in [-0.25, -0.2) is 13.2 Å². The highest BCUT2D eigenvalue weighted by atomic mass is 32.2. The normalized spacial score (nSPS) is 11.1. The zero-order chi connectivity index (χ0) is 12.3. The molecule has 88 valence electrons. The van der Waals surface area contributed by atoms with Crippen molar-refractivity contribution < 1.29 is 17.9 Å². The summed E-state index contributed by atoms with van der Waals surface area (Å²) in [4.78, 5) is 11.5. The summed E-state index contributed by atoms with van der Waals surface area (Å²) in [5.74, 6) is -0.620.